The second-order valence-electron chi connectivity index (χ2n) is 5.48. The summed E-state index contributed by atoms with van der Waals surface area (Å²) in [5, 5.41) is 8.28. The number of hydrogen-bond acceptors (Lipinski definition) is 4. The van der Waals surface area contributed by atoms with Crippen molar-refractivity contribution in [2.75, 3.05) is 20.2 Å². The molecule has 0 radical (unpaired) electrons. The molecule has 1 aromatic rings. The average molecular weight is 254 g/mol. The third kappa shape index (κ3) is 6.12. The van der Waals surface area contributed by atoms with Crippen molar-refractivity contribution in [1.29, 1.82) is 0 Å². The molecular weight excluding hydrogens is 228 g/mol. The Bertz CT molecular complexity index is 335. The summed E-state index contributed by atoms with van der Waals surface area (Å²) in [7, 11) is 2.11. The lowest BCUT2D eigenvalue weighted by Gasteiger charge is -2.16. The minimum absolute atomic E-state index is 0.269. The van der Waals surface area contributed by atoms with Gasteiger partial charge in [0.05, 0.1) is 24.9 Å². The Labute approximate surface area is 110 Å². The van der Waals surface area contributed by atoms with Gasteiger partial charge in [-0.15, -0.1) is 5.10 Å². The lowest BCUT2D eigenvalue weighted by Crippen LogP contribution is -2.22. The topological polar surface area (TPSA) is 43.2 Å². The molecule has 0 aliphatic rings. The zero-order chi connectivity index (χ0) is 13.5. The molecule has 0 spiro atoms. The van der Waals surface area contributed by atoms with Crippen LogP contribution in [0.2, 0.25) is 0 Å². The first kappa shape index (κ1) is 15.1. The Kier molecular flexibility index (Phi) is 6.29. The molecule has 18 heavy (non-hydrogen) atoms. The highest BCUT2D eigenvalue weighted by Crippen LogP contribution is 2.02. The van der Waals surface area contributed by atoms with Gasteiger partial charge in [0.25, 0.3) is 0 Å². The Morgan fingerprint density at radius 2 is 2.06 bits per heavy atom. The Balaban J connectivity index is 2.33. The fraction of sp³-hybridized carbons (Fsp3) is 0.846. The summed E-state index contributed by atoms with van der Waals surface area (Å²) in [6, 6.07) is 0. The predicted octanol–water partition coefficient (Wildman–Crippen LogP) is 1.79. The van der Waals surface area contributed by atoms with Gasteiger partial charge in [-0.3, -0.25) is 0 Å². The smallest absolute Gasteiger partial charge is 0.0967 e. The maximum Gasteiger partial charge on any atom is 0.0967 e. The van der Waals surface area contributed by atoms with Crippen molar-refractivity contribution in [1.82, 2.24) is 19.9 Å². The van der Waals surface area contributed by atoms with E-state index in [1.807, 2.05) is 24.7 Å². The number of aromatic nitrogens is 3. The molecule has 0 bridgehead atoms. The van der Waals surface area contributed by atoms with Crippen LogP contribution in [0.3, 0.4) is 0 Å². The maximum absolute atomic E-state index is 5.49. The van der Waals surface area contributed by atoms with E-state index in [2.05, 4.69) is 36.1 Å². The van der Waals surface area contributed by atoms with E-state index in [1.54, 1.807) is 0 Å². The van der Waals surface area contributed by atoms with Gasteiger partial charge < -0.3 is 9.64 Å². The summed E-state index contributed by atoms with van der Waals surface area (Å²) in [5.41, 5.74) is 1.02. The van der Waals surface area contributed by atoms with E-state index in [-0.39, 0.29) is 6.10 Å². The summed E-state index contributed by atoms with van der Waals surface area (Å²) in [6.45, 7) is 11.9. The highest BCUT2D eigenvalue weighted by molar-refractivity contribution is 4.91. The van der Waals surface area contributed by atoms with Crippen molar-refractivity contribution in [3.05, 3.63) is 11.9 Å². The molecule has 0 fully saturated rings. The summed E-state index contributed by atoms with van der Waals surface area (Å²) in [4.78, 5) is 2.27. The molecule has 5 nitrogen and oxygen atoms in total. The third-order valence-corrected chi connectivity index (χ3v) is 2.47. The molecule has 0 aliphatic heterocycles. The fourth-order valence-electron chi connectivity index (χ4n) is 1.87. The molecule has 1 heterocycles. The van der Waals surface area contributed by atoms with Gasteiger partial charge in [0.1, 0.15) is 0 Å². The van der Waals surface area contributed by atoms with E-state index in [9.17, 15) is 0 Å². The number of ether oxygens (including phenoxy) is 1. The van der Waals surface area contributed by atoms with Crippen LogP contribution in [0.5, 0.6) is 0 Å². The van der Waals surface area contributed by atoms with Gasteiger partial charge in [-0.2, -0.15) is 0 Å². The molecule has 1 aromatic heterocycles. The molecule has 0 amide bonds. The maximum atomic E-state index is 5.49. The number of rotatable bonds is 8. The summed E-state index contributed by atoms with van der Waals surface area (Å²) < 4.78 is 7.34. The van der Waals surface area contributed by atoms with Crippen LogP contribution in [-0.4, -0.2) is 46.2 Å². The minimum Gasteiger partial charge on any atom is -0.377 e. The molecule has 0 atom stereocenters. The molecule has 0 saturated heterocycles. The first-order valence-corrected chi connectivity index (χ1v) is 6.66. The van der Waals surface area contributed by atoms with E-state index < -0.39 is 0 Å². The minimum atomic E-state index is 0.269. The highest BCUT2D eigenvalue weighted by atomic mass is 16.5. The second kappa shape index (κ2) is 7.48. The SMILES string of the molecule is CC(C)CN(C)Cc1cn(CCOC(C)C)nn1. The molecule has 104 valence electrons. The van der Waals surface area contributed by atoms with Gasteiger partial charge >= 0.3 is 0 Å². The van der Waals surface area contributed by atoms with Crippen LogP contribution in [0.4, 0.5) is 0 Å². The van der Waals surface area contributed by atoms with Crippen LogP contribution in [-0.2, 0) is 17.8 Å². The van der Waals surface area contributed by atoms with Gasteiger partial charge in [-0.25, -0.2) is 4.68 Å². The lowest BCUT2D eigenvalue weighted by atomic mass is 10.2. The number of hydrogen-bond donors (Lipinski definition) is 0. The number of nitrogens with zero attached hydrogens (tertiary/aromatic N) is 4. The van der Waals surface area contributed by atoms with Crippen molar-refractivity contribution >= 4 is 0 Å². The largest absolute Gasteiger partial charge is 0.377 e. The second-order valence-corrected chi connectivity index (χ2v) is 5.48. The van der Waals surface area contributed by atoms with Crippen molar-refractivity contribution in [3.8, 4) is 0 Å². The lowest BCUT2D eigenvalue weighted by molar-refractivity contribution is 0.0707. The molecule has 0 aliphatic carbocycles. The average Bonchev–Trinajstić information content (AvgIpc) is 2.63. The first-order valence-electron chi connectivity index (χ1n) is 6.66. The van der Waals surface area contributed by atoms with E-state index in [4.69, 9.17) is 4.74 Å². The van der Waals surface area contributed by atoms with Crippen LogP contribution in [0.25, 0.3) is 0 Å². The van der Waals surface area contributed by atoms with Crippen molar-refractivity contribution < 1.29 is 4.74 Å². The standard InChI is InChI=1S/C13H26N4O/c1-11(2)8-16(5)9-13-10-17(15-14-13)6-7-18-12(3)4/h10-12H,6-9H2,1-5H3. The van der Waals surface area contributed by atoms with Gasteiger partial charge in [0, 0.05) is 19.3 Å². The van der Waals surface area contributed by atoms with Crippen LogP contribution >= 0.6 is 0 Å². The summed E-state index contributed by atoms with van der Waals surface area (Å²) in [5.74, 6) is 0.671. The Morgan fingerprint density at radius 3 is 2.67 bits per heavy atom. The fourth-order valence-corrected chi connectivity index (χ4v) is 1.87. The van der Waals surface area contributed by atoms with E-state index in [1.165, 1.54) is 0 Å². The first-order chi connectivity index (χ1) is 8.47. The molecule has 1 rings (SSSR count). The van der Waals surface area contributed by atoms with Gasteiger partial charge in [-0.05, 0) is 26.8 Å². The van der Waals surface area contributed by atoms with Gasteiger partial charge in [0.15, 0.2) is 0 Å². The Hall–Kier alpha value is -0.940. The molecule has 0 saturated carbocycles. The van der Waals surface area contributed by atoms with Gasteiger partial charge in [-0.1, -0.05) is 19.1 Å². The molecule has 0 unspecified atom stereocenters. The van der Waals surface area contributed by atoms with Crippen LogP contribution in [0, 0.1) is 5.92 Å². The zero-order valence-electron chi connectivity index (χ0n) is 12.3. The van der Waals surface area contributed by atoms with Crippen LogP contribution in [0.15, 0.2) is 6.20 Å². The monoisotopic (exact) mass is 254 g/mol. The summed E-state index contributed by atoms with van der Waals surface area (Å²) in [6.07, 6.45) is 2.27. The Morgan fingerprint density at radius 1 is 1.33 bits per heavy atom. The van der Waals surface area contributed by atoms with E-state index >= 15 is 0 Å². The van der Waals surface area contributed by atoms with Crippen molar-refractivity contribution in [2.24, 2.45) is 5.92 Å². The molecule has 5 heteroatoms. The summed E-state index contributed by atoms with van der Waals surface area (Å²) >= 11 is 0. The third-order valence-electron chi connectivity index (χ3n) is 2.47. The van der Waals surface area contributed by atoms with Gasteiger partial charge in [0.2, 0.25) is 0 Å². The van der Waals surface area contributed by atoms with Crippen LogP contribution in [0.1, 0.15) is 33.4 Å². The van der Waals surface area contributed by atoms with E-state index in [0.717, 1.165) is 25.3 Å². The molecule has 0 aromatic carbocycles. The molecule has 0 N–H and O–H groups in total. The highest BCUT2D eigenvalue weighted by Gasteiger charge is 2.06. The quantitative estimate of drug-likeness (QED) is 0.709. The predicted molar refractivity (Wildman–Crippen MR) is 72.3 cm³/mol. The molecular formula is C13H26N4O. The van der Waals surface area contributed by atoms with Crippen LogP contribution < -0.4 is 0 Å². The van der Waals surface area contributed by atoms with E-state index in [0.29, 0.717) is 12.5 Å². The normalized spacial score (nSPS) is 12.0. The van der Waals surface area contributed by atoms with Crippen molar-refractivity contribution in [3.63, 3.8) is 0 Å². The zero-order valence-corrected chi connectivity index (χ0v) is 12.3. The van der Waals surface area contributed by atoms with Crippen molar-refractivity contribution in [2.45, 2.75) is 46.9 Å².